The Morgan fingerprint density at radius 1 is 1.50 bits per heavy atom. The molecule has 0 spiro atoms. The van der Waals surface area contributed by atoms with Gasteiger partial charge in [0.15, 0.2) is 0 Å². The topological polar surface area (TPSA) is 57.5 Å². The first-order valence-electron chi connectivity index (χ1n) is 7.22. The van der Waals surface area contributed by atoms with Gasteiger partial charge in [-0.25, -0.2) is 0 Å². The maximum Gasteiger partial charge on any atom is 0.226 e. The second-order valence-electron chi connectivity index (χ2n) is 6.02. The minimum atomic E-state index is -0.245. The molecular weight excluding hydrogens is 254 g/mol. The molecule has 0 saturated carbocycles. The molecule has 0 aliphatic carbocycles. The Morgan fingerprint density at radius 2 is 2.20 bits per heavy atom. The van der Waals surface area contributed by atoms with E-state index in [4.69, 9.17) is 4.42 Å². The summed E-state index contributed by atoms with van der Waals surface area (Å²) in [5.74, 6) is 1.03. The Morgan fingerprint density at radius 3 is 2.75 bits per heavy atom. The van der Waals surface area contributed by atoms with Crippen LogP contribution in [0.25, 0.3) is 0 Å². The van der Waals surface area contributed by atoms with Crippen LogP contribution in [0.15, 0.2) is 22.8 Å². The van der Waals surface area contributed by atoms with Gasteiger partial charge < -0.3 is 15.1 Å². The molecule has 1 atom stereocenters. The lowest BCUT2D eigenvalue weighted by molar-refractivity contribution is -0.131. The molecule has 1 aromatic rings. The maximum absolute atomic E-state index is 12.4. The van der Waals surface area contributed by atoms with Gasteiger partial charge in [-0.2, -0.15) is 0 Å². The molecule has 1 aliphatic rings. The van der Waals surface area contributed by atoms with Crippen molar-refractivity contribution in [2.75, 3.05) is 33.7 Å². The molecule has 2 N–H and O–H groups in total. The number of rotatable bonds is 5. The Bertz CT molecular complexity index is 422. The summed E-state index contributed by atoms with van der Waals surface area (Å²) in [6.45, 7) is 4.46. The SMILES string of the molecule is CN(C)C(CNC(=O)C1(C)CCNCC1)c1ccco1. The van der Waals surface area contributed by atoms with Crippen molar-refractivity contribution in [1.29, 1.82) is 0 Å². The van der Waals surface area contributed by atoms with Gasteiger partial charge in [0.2, 0.25) is 5.91 Å². The highest BCUT2D eigenvalue weighted by molar-refractivity contribution is 5.82. The van der Waals surface area contributed by atoms with Gasteiger partial charge in [0.25, 0.3) is 0 Å². The van der Waals surface area contributed by atoms with Gasteiger partial charge >= 0.3 is 0 Å². The first-order valence-corrected chi connectivity index (χ1v) is 7.22. The fourth-order valence-electron chi connectivity index (χ4n) is 2.63. The van der Waals surface area contributed by atoms with Crippen LogP contribution in [0.2, 0.25) is 0 Å². The first-order chi connectivity index (χ1) is 9.53. The molecule has 1 amide bonds. The Balaban J connectivity index is 1.94. The predicted molar refractivity (Wildman–Crippen MR) is 78.4 cm³/mol. The normalized spacial score (nSPS) is 19.8. The summed E-state index contributed by atoms with van der Waals surface area (Å²) >= 11 is 0. The summed E-state index contributed by atoms with van der Waals surface area (Å²) in [5, 5.41) is 6.39. The number of hydrogen-bond acceptors (Lipinski definition) is 4. The third kappa shape index (κ3) is 3.41. The molecule has 1 aromatic heterocycles. The molecule has 2 heterocycles. The number of furan rings is 1. The van der Waals surface area contributed by atoms with Gasteiger partial charge in [0, 0.05) is 12.0 Å². The van der Waals surface area contributed by atoms with Crippen molar-refractivity contribution in [3.8, 4) is 0 Å². The highest BCUT2D eigenvalue weighted by Gasteiger charge is 2.34. The van der Waals surface area contributed by atoms with Crippen LogP contribution in [0, 0.1) is 5.41 Å². The lowest BCUT2D eigenvalue weighted by Gasteiger charge is -2.33. The number of nitrogens with one attached hydrogen (secondary N) is 2. The predicted octanol–water partition coefficient (Wildman–Crippen LogP) is 1.39. The van der Waals surface area contributed by atoms with E-state index >= 15 is 0 Å². The van der Waals surface area contributed by atoms with Gasteiger partial charge in [-0.3, -0.25) is 9.69 Å². The number of hydrogen-bond donors (Lipinski definition) is 2. The van der Waals surface area contributed by atoms with E-state index in [1.807, 2.05) is 26.2 Å². The van der Waals surface area contributed by atoms with Crippen molar-refractivity contribution in [3.63, 3.8) is 0 Å². The molecule has 5 nitrogen and oxygen atoms in total. The van der Waals surface area contributed by atoms with Crippen molar-refractivity contribution < 1.29 is 9.21 Å². The van der Waals surface area contributed by atoms with Crippen LogP contribution in [0.3, 0.4) is 0 Å². The van der Waals surface area contributed by atoms with Crippen LogP contribution in [-0.2, 0) is 4.79 Å². The fourth-order valence-corrected chi connectivity index (χ4v) is 2.63. The molecule has 1 unspecified atom stereocenters. The monoisotopic (exact) mass is 279 g/mol. The van der Waals surface area contributed by atoms with E-state index in [0.717, 1.165) is 31.7 Å². The number of carbonyl (C=O) groups excluding carboxylic acids is 1. The Hall–Kier alpha value is -1.33. The van der Waals surface area contributed by atoms with Crippen molar-refractivity contribution in [3.05, 3.63) is 24.2 Å². The van der Waals surface area contributed by atoms with Crippen LogP contribution in [0.1, 0.15) is 31.6 Å². The zero-order valence-corrected chi connectivity index (χ0v) is 12.6. The summed E-state index contributed by atoms with van der Waals surface area (Å²) in [5.41, 5.74) is -0.245. The molecule has 0 radical (unpaired) electrons. The van der Waals surface area contributed by atoms with E-state index in [1.165, 1.54) is 0 Å². The lowest BCUT2D eigenvalue weighted by atomic mass is 9.80. The molecule has 0 aromatic carbocycles. The molecular formula is C15H25N3O2. The quantitative estimate of drug-likeness (QED) is 0.855. The number of piperidine rings is 1. The average molecular weight is 279 g/mol. The van der Waals surface area contributed by atoms with Crippen molar-refractivity contribution in [2.45, 2.75) is 25.8 Å². The van der Waals surface area contributed by atoms with E-state index in [1.54, 1.807) is 6.26 Å². The third-order valence-electron chi connectivity index (χ3n) is 4.21. The molecule has 1 aliphatic heterocycles. The molecule has 112 valence electrons. The molecule has 5 heteroatoms. The minimum Gasteiger partial charge on any atom is -0.468 e. The molecule has 1 fully saturated rings. The third-order valence-corrected chi connectivity index (χ3v) is 4.21. The van der Waals surface area contributed by atoms with Crippen molar-refractivity contribution >= 4 is 5.91 Å². The highest BCUT2D eigenvalue weighted by Crippen LogP contribution is 2.28. The first kappa shape index (κ1) is 15.1. The van der Waals surface area contributed by atoms with Gasteiger partial charge in [-0.15, -0.1) is 0 Å². The smallest absolute Gasteiger partial charge is 0.226 e. The lowest BCUT2D eigenvalue weighted by Crippen LogP contribution is -2.47. The van der Waals surface area contributed by atoms with Crippen molar-refractivity contribution in [2.24, 2.45) is 5.41 Å². The number of carbonyl (C=O) groups is 1. The van der Waals surface area contributed by atoms with Gasteiger partial charge in [-0.1, -0.05) is 6.92 Å². The summed E-state index contributed by atoms with van der Waals surface area (Å²) in [4.78, 5) is 14.5. The van der Waals surface area contributed by atoms with E-state index in [9.17, 15) is 4.79 Å². The fraction of sp³-hybridized carbons (Fsp3) is 0.667. The van der Waals surface area contributed by atoms with E-state index in [0.29, 0.717) is 6.54 Å². The Labute approximate surface area is 120 Å². The summed E-state index contributed by atoms with van der Waals surface area (Å²) in [7, 11) is 3.98. The summed E-state index contributed by atoms with van der Waals surface area (Å²) in [6, 6.07) is 3.89. The average Bonchev–Trinajstić information content (AvgIpc) is 2.93. The Kier molecular flexibility index (Phi) is 4.83. The van der Waals surface area contributed by atoms with E-state index in [2.05, 4.69) is 22.5 Å². The standard InChI is InChI=1S/C15H25N3O2/c1-15(6-8-16-9-7-15)14(19)17-11-12(18(2)3)13-5-4-10-20-13/h4-5,10,12,16H,6-9,11H2,1-3H3,(H,17,19). The summed E-state index contributed by atoms with van der Waals surface area (Å²) in [6.07, 6.45) is 3.46. The number of nitrogens with zero attached hydrogens (tertiary/aromatic N) is 1. The van der Waals surface area contributed by atoms with Crippen LogP contribution >= 0.6 is 0 Å². The van der Waals surface area contributed by atoms with Gasteiger partial charge in [0.1, 0.15) is 5.76 Å². The molecule has 1 saturated heterocycles. The maximum atomic E-state index is 12.4. The van der Waals surface area contributed by atoms with Crippen LogP contribution in [0.4, 0.5) is 0 Å². The zero-order chi connectivity index (χ0) is 14.6. The number of likely N-dealkylation sites (N-methyl/N-ethyl adjacent to an activating group) is 1. The molecule has 20 heavy (non-hydrogen) atoms. The highest BCUT2D eigenvalue weighted by atomic mass is 16.3. The van der Waals surface area contributed by atoms with Crippen LogP contribution in [0.5, 0.6) is 0 Å². The van der Waals surface area contributed by atoms with Crippen molar-refractivity contribution in [1.82, 2.24) is 15.5 Å². The summed E-state index contributed by atoms with van der Waals surface area (Å²) < 4.78 is 5.46. The van der Waals surface area contributed by atoms with Crippen LogP contribution in [-0.4, -0.2) is 44.5 Å². The molecule has 0 bridgehead atoms. The van der Waals surface area contributed by atoms with Gasteiger partial charge in [0.05, 0.1) is 12.3 Å². The largest absolute Gasteiger partial charge is 0.468 e. The minimum absolute atomic E-state index is 0.0688. The van der Waals surface area contributed by atoms with E-state index in [-0.39, 0.29) is 17.4 Å². The van der Waals surface area contributed by atoms with Crippen LogP contribution < -0.4 is 10.6 Å². The van der Waals surface area contributed by atoms with E-state index < -0.39 is 0 Å². The second-order valence-corrected chi connectivity index (χ2v) is 6.02. The second kappa shape index (κ2) is 6.41. The molecule has 2 rings (SSSR count). The number of amides is 1. The van der Waals surface area contributed by atoms with Gasteiger partial charge in [-0.05, 0) is 52.2 Å². The zero-order valence-electron chi connectivity index (χ0n) is 12.6.